The van der Waals surface area contributed by atoms with Gasteiger partial charge >= 0.3 is 0 Å². The van der Waals surface area contributed by atoms with E-state index in [0.717, 1.165) is 11.8 Å². The third-order valence-electron chi connectivity index (χ3n) is 1.57. The first kappa shape index (κ1) is 11.4. The van der Waals surface area contributed by atoms with E-state index in [0.29, 0.717) is 0 Å². The van der Waals surface area contributed by atoms with Gasteiger partial charge in [0, 0.05) is 0 Å². The fraction of sp³-hybridized carbons (Fsp3) is 1.00. The minimum Gasteiger partial charge on any atom is -0.246 e. The van der Waals surface area contributed by atoms with Crippen molar-refractivity contribution in [1.29, 1.82) is 0 Å². The molecular weight excluding hydrogens is 152 g/mol. The lowest BCUT2D eigenvalue weighted by atomic mass is 10.3. The van der Waals surface area contributed by atoms with Gasteiger partial charge in [-0.05, 0) is 35.9 Å². The first-order valence-electron chi connectivity index (χ1n) is 4.52. The summed E-state index contributed by atoms with van der Waals surface area (Å²) in [7, 11) is -0.280. The van der Waals surface area contributed by atoms with Crippen molar-refractivity contribution in [3.8, 4) is 0 Å². The first-order chi connectivity index (χ1) is 4.83. The van der Waals surface area contributed by atoms with Crippen LogP contribution in [0.25, 0.3) is 0 Å². The molecule has 0 spiro atoms. The Morgan fingerprint density at radius 1 is 0.818 bits per heavy atom. The Labute approximate surface area is 74.1 Å². The standard InChI is InChI=1S/C10H24S/c1-9(2)7-11(5,6)8-10(3)4/h9-10H,7-8H2,1-6H3. The zero-order chi connectivity index (χ0) is 9.07. The van der Waals surface area contributed by atoms with Crippen molar-refractivity contribution in [1.82, 2.24) is 0 Å². The van der Waals surface area contributed by atoms with Crippen molar-refractivity contribution in [3.63, 3.8) is 0 Å². The molecule has 11 heavy (non-hydrogen) atoms. The monoisotopic (exact) mass is 176 g/mol. The van der Waals surface area contributed by atoms with Crippen molar-refractivity contribution in [2.45, 2.75) is 27.7 Å². The Hall–Kier alpha value is 0.350. The summed E-state index contributed by atoms with van der Waals surface area (Å²) in [6.07, 6.45) is 4.93. The van der Waals surface area contributed by atoms with Crippen LogP contribution in [-0.4, -0.2) is 24.0 Å². The highest BCUT2D eigenvalue weighted by Crippen LogP contribution is 2.43. The number of hydrogen-bond acceptors (Lipinski definition) is 0. The maximum absolute atomic E-state index is 2.47. The fourth-order valence-corrected chi connectivity index (χ4v) is 5.62. The molecule has 0 rings (SSSR count). The molecule has 0 atom stereocenters. The van der Waals surface area contributed by atoms with Crippen LogP contribution in [0.15, 0.2) is 0 Å². The molecule has 0 aliphatic rings. The summed E-state index contributed by atoms with van der Waals surface area (Å²) >= 11 is 0. The van der Waals surface area contributed by atoms with Gasteiger partial charge in [-0.15, -0.1) is 0 Å². The minimum atomic E-state index is -0.280. The molecule has 0 bridgehead atoms. The molecule has 0 unspecified atom stereocenters. The van der Waals surface area contributed by atoms with E-state index in [-0.39, 0.29) is 10.0 Å². The van der Waals surface area contributed by atoms with Gasteiger partial charge in [-0.25, -0.2) is 10.0 Å². The second-order valence-electron chi connectivity index (χ2n) is 4.89. The van der Waals surface area contributed by atoms with E-state index in [1.54, 1.807) is 0 Å². The Balaban J connectivity index is 3.79. The molecular formula is C10H24S. The molecule has 0 fully saturated rings. The van der Waals surface area contributed by atoms with Crippen LogP contribution in [0.5, 0.6) is 0 Å². The van der Waals surface area contributed by atoms with E-state index in [4.69, 9.17) is 0 Å². The van der Waals surface area contributed by atoms with E-state index in [2.05, 4.69) is 40.2 Å². The molecule has 0 radical (unpaired) electrons. The molecule has 0 nitrogen and oxygen atoms in total. The molecule has 1 heteroatoms. The van der Waals surface area contributed by atoms with Gasteiger partial charge in [-0.2, -0.15) is 0 Å². The Morgan fingerprint density at radius 2 is 1.09 bits per heavy atom. The van der Waals surface area contributed by atoms with Crippen LogP contribution >= 0.6 is 10.0 Å². The molecule has 0 aromatic carbocycles. The highest BCUT2D eigenvalue weighted by molar-refractivity contribution is 8.32. The maximum Gasteiger partial charge on any atom is -0.0209 e. The Morgan fingerprint density at radius 3 is 1.27 bits per heavy atom. The largest absolute Gasteiger partial charge is 0.246 e. The van der Waals surface area contributed by atoms with Crippen molar-refractivity contribution in [2.24, 2.45) is 11.8 Å². The lowest BCUT2D eigenvalue weighted by Crippen LogP contribution is -2.14. The highest BCUT2D eigenvalue weighted by atomic mass is 32.3. The zero-order valence-electron chi connectivity index (χ0n) is 8.98. The maximum atomic E-state index is 2.47. The van der Waals surface area contributed by atoms with Gasteiger partial charge in [-0.1, -0.05) is 27.7 Å². The molecule has 0 amide bonds. The third kappa shape index (κ3) is 6.74. The predicted molar refractivity (Wildman–Crippen MR) is 58.8 cm³/mol. The summed E-state index contributed by atoms with van der Waals surface area (Å²) in [5, 5.41) is 0. The van der Waals surface area contributed by atoms with E-state index in [9.17, 15) is 0 Å². The SMILES string of the molecule is CC(C)CS(C)(C)CC(C)C. The van der Waals surface area contributed by atoms with Gasteiger partial charge in [0.1, 0.15) is 0 Å². The number of rotatable bonds is 4. The topological polar surface area (TPSA) is 0 Å². The van der Waals surface area contributed by atoms with Crippen LogP contribution in [0.4, 0.5) is 0 Å². The summed E-state index contributed by atoms with van der Waals surface area (Å²) in [6, 6.07) is 0. The molecule has 0 heterocycles. The second kappa shape index (κ2) is 4.39. The molecule has 0 N–H and O–H groups in total. The summed E-state index contributed by atoms with van der Waals surface area (Å²) in [5.41, 5.74) is 0. The third-order valence-corrected chi connectivity index (χ3v) is 4.71. The van der Waals surface area contributed by atoms with Crippen molar-refractivity contribution < 1.29 is 0 Å². The summed E-state index contributed by atoms with van der Waals surface area (Å²) in [5.74, 6) is 4.62. The molecule has 0 saturated heterocycles. The lowest BCUT2D eigenvalue weighted by Gasteiger charge is -2.34. The van der Waals surface area contributed by atoms with Crippen molar-refractivity contribution >= 4 is 10.0 Å². The smallest absolute Gasteiger partial charge is 0.0209 e. The van der Waals surface area contributed by atoms with Gasteiger partial charge in [-0.3, -0.25) is 0 Å². The van der Waals surface area contributed by atoms with Crippen molar-refractivity contribution in [3.05, 3.63) is 0 Å². The number of hydrogen-bond donors (Lipinski definition) is 0. The summed E-state index contributed by atoms with van der Waals surface area (Å²) in [6.45, 7) is 9.31. The van der Waals surface area contributed by atoms with Crippen LogP contribution in [0.2, 0.25) is 0 Å². The summed E-state index contributed by atoms with van der Waals surface area (Å²) in [4.78, 5) is 0. The van der Waals surface area contributed by atoms with E-state index >= 15 is 0 Å². The Kier molecular flexibility index (Phi) is 4.53. The van der Waals surface area contributed by atoms with Crippen LogP contribution in [0.3, 0.4) is 0 Å². The van der Waals surface area contributed by atoms with Gasteiger partial charge < -0.3 is 0 Å². The average molecular weight is 176 g/mol. The van der Waals surface area contributed by atoms with Gasteiger partial charge in [0.2, 0.25) is 0 Å². The second-order valence-corrected chi connectivity index (χ2v) is 9.09. The predicted octanol–water partition coefficient (Wildman–Crippen LogP) is 3.36. The van der Waals surface area contributed by atoms with E-state index < -0.39 is 0 Å². The lowest BCUT2D eigenvalue weighted by molar-refractivity contribution is 0.722. The van der Waals surface area contributed by atoms with E-state index in [1.807, 2.05) is 0 Å². The summed E-state index contributed by atoms with van der Waals surface area (Å²) < 4.78 is 0. The van der Waals surface area contributed by atoms with Gasteiger partial charge in [0.25, 0.3) is 0 Å². The van der Waals surface area contributed by atoms with Crippen LogP contribution in [0, 0.1) is 11.8 Å². The van der Waals surface area contributed by atoms with Gasteiger partial charge in [0.05, 0.1) is 0 Å². The molecule has 0 saturated carbocycles. The normalized spacial score (nSPS) is 14.5. The van der Waals surface area contributed by atoms with Crippen LogP contribution < -0.4 is 0 Å². The van der Waals surface area contributed by atoms with Crippen LogP contribution in [-0.2, 0) is 0 Å². The average Bonchev–Trinajstić information content (AvgIpc) is 1.53. The molecule has 0 aromatic rings. The van der Waals surface area contributed by atoms with Gasteiger partial charge in [0.15, 0.2) is 0 Å². The Bertz CT molecular complexity index is 91.4. The zero-order valence-corrected chi connectivity index (χ0v) is 9.79. The quantitative estimate of drug-likeness (QED) is 0.616. The van der Waals surface area contributed by atoms with Crippen LogP contribution in [0.1, 0.15) is 27.7 Å². The molecule has 70 valence electrons. The van der Waals surface area contributed by atoms with E-state index in [1.165, 1.54) is 11.5 Å². The fourth-order valence-electron chi connectivity index (χ4n) is 1.87. The highest BCUT2D eigenvalue weighted by Gasteiger charge is 2.14. The van der Waals surface area contributed by atoms with Crippen molar-refractivity contribution in [2.75, 3.05) is 24.0 Å². The first-order valence-corrected chi connectivity index (χ1v) is 7.31. The molecule has 0 aliphatic heterocycles. The minimum absolute atomic E-state index is 0.280. The molecule has 0 aliphatic carbocycles. The molecule has 0 aromatic heterocycles.